The van der Waals surface area contributed by atoms with E-state index in [9.17, 15) is 9.59 Å². The molecule has 0 atom stereocenters. The van der Waals surface area contributed by atoms with Crippen molar-refractivity contribution < 1.29 is 28.5 Å². The van der Waals surface area contributed by atoms with Crippen LogP contribution in [0.15, 0.2) is 84.9 Å². The number of ether oxygens (including phenoxy) is 4. The van der Waals surface area contributed by atoms with E-state index in [4.69, 9.17) is 18.9 Å². The summed E-state index contributed by atoms with van der Waals surface area (Å²) in [7, 11) is 5.87. The molecule has 0 bridgehead atoms. The Kier molecular flexibility index (Phi) is 8.13. The standard InChI is InChI=1S/C30H28N2O6/c1-35-27-17-19(13-15-25(27)31-23-11-7-5-9-21(23)29(33)37-3)20-14-16-26(28(18-20)36-2)32-24-12-8-6-10-22(24)30(34)38-4/h5-18,31-32H,1-4H3. The lowest BCUT2D eigenvalue weighted by molar-refractivity contribution is 0.0593. The summed E-state index contributed by atoms with van der Waals surface area (Å²) in [4.78, 5) is 24.3. The van der Waals surface area contributed by atoms with Gasteiger partial charge in [-0.15, -0.1) is 0 Å². The number of hydrogen-bond donors (Lipinski definition) is 2. The number of hydrogen-bond acceptors (Lipinski definition) is 8. The van der Waals surface area contributed by atoms with E-state index in [0.29, 0.717) is 45.4 Å². The van der Waals surface area contributed by atoms with Gasteiger partial charge in [0.05, 0.1) is 62.3 Å². The number of rotatable bonds is 9. The van der Waals surface area contributed by atoms with Gasteiger partial charge >= 0.3 is 11.9 Å². The molecule has 0 heterocycles. The van der Waals surface area contributed by atoms with Crippen LogP contribution in [-0.4, -0.2) is 40.4 Å². The minimum absolute atomic E-state index is 0.419. The van der Waals surface area contributed by atoms with Gasteiger partial charge in [-0.1, -0.05) is 36.4 Å². The Morgan fingerprint density at radius 2 is 0.921 bits per heavy atom. The lowest BCUT2D eigenvalue weighted by atomic mass is 10.0. The molecule has 4 rings (SSSR count). The number of carbonyl (C=O) groups excluding carboxylic acids is 2. The molecule has 194 valence electrons. The first-order valence-corrected chi connectivity index (χ1v) is 11.7. The van der Waals surface area contributed by atoms with E-state index in [0.717, 1.165) is 11.1 Å². The molecule has 8 nitrogen and oxygen atoms in total. The Hall–Kier alpha value is -4.98. The Morgan fingerprint density at radius 3 is 1.29 bits per heavy atom. The van der Waals surface area contributed by atoms with Crippen molar-refractivity contribution in [2.75, 3.05) is 39.1 Å². The van der Waals surface area contributed by atoms with Crippen molar-refractivity contribution in [1.82, 2.24) is 0 Å². The molecule has 0 aliphatic rings. The lowest BCUT2D eigenvalue weighted by Crippen LogP contribution is -2.06. The fraction of sp³-hybridized carbons (Fsp3) is 0.133. The molecule has 4 aromatic carbocycles. The third-order valence-corrected chi connectivity index (χ3v) is 5.94. The molecular weight excluding hydrogens is 484 g/mol. The maximum atomic E-state index is 12.2. The van der Waals surface area contributed by atoms with Gasteiger partial charge in [-0.25, -0.2) is 9.59 Å². The molecule has 0 fully saturated rings. The molecule has 0 saturated heterocycles. The summed E-state index contributed by atoms with van der Waals surface area (Å²) in [6.07, 6.45) is 0. The SMILES string of the molecule is COC(=O)c1ccccc1Nc1ccc(-c2ccc(Nc3ccccc3C(=O)OC)c(OC)c2)cc1OC. The molecule has 0 unspecified atom stereocenters. The summed E-state index contributed by atoms with van der Waals surface area (Å²) in [6.45, 7) is 0. The number of nitrogens with one attached hydrogen (secondary N) is 2. The molecule has 0 aliphatic heterocycles. The lowest BCUT2D eigenvalue weighted by Gasteiger charge is -2.17. The highest BCUT2D eigenvalue weighted by molar-refractivity contribution is 5.97. The molecular formula is C30H28N2O6. The Labute approximate surface area is 221 Å². The van der Waals surface area contributed by atoms with Crippen molar-refractivity contribution in [2.24, 2.45) is 0 Å². The zero-order valence-corrected chi connectivity index (χ0v) is 21.5. The van der Waals surface area contributed by atoms with Crippen LogP contribution in [-0.2, 0) is 9.47 Å². The predicted molar refractivity (Wildman–Crippen MR) is 147 cm³/mol. The summed E-state index contributed by atoms with van der Waals surface area (Å²) < 4.78 is 21.1. The van der Waals surface area contributed by atoms with Crippen molar-refractivity contribution in [2.45, 2.75) is 0 Å². The van der Waals surface area contributed by atoms with Crippen LogP contribution in [0.1, 0.15) is 20.7 Å². The van der Waals surface area contributed by atoms with E-state index in [-0.39, 0.29) is 0 Å². The van der Waals surface area contributed by atoms with Crippen molar-refractivity contribution >= 4 is 34.7 Å². The molecule has 2 N–H and O–H groups in total. The van der Waals surface area contributed by atoms with Gasteiger partial charge in [0.25, 0.3) is 0 Å². The number of anilines is 4. The van der Waals surface area contributed by atoms with Crippen molar-refractivity contribution in [3.8, 4) is 22.6 Å². The highest BCUT2D eigenvalue weighted by Gasteiger charge is 2.16. The topological polar surface area (TPSA) is 95.1 Å². The van der Waals surface area contributed by atoms with Gasteiger partial charge in [-0.3, -0.25) is 0 Å². The van der Waals surface area contributed by atoms with Gasteiger partial charge in [0, 0.05) is 0 Å². The maximum absolute atomic E-state index is 12.2. The normalized spacial score (nSPS) is 10.3. The van der Waals surface area contributed by atoms with E-state index in [1.54, 1.807) is 50.6 Å². The van der Waals surface area contributed by atoms with Gasteiger partial charge in [-0.2, -0.15) is 0 Å². The van der Waals surface area contributed by atoms with Crippen LogP contribution in [0.25, 0.3) is 11.1 Å². The third-order valence-electron chi connectivity index (χ3n) is 5.94. The van der Waals surface area contributed by atoms with Crippen LogP contribution >= 0.6 is 0 Å². The molecule has 0 saturated carbocycles. The largest absolute Gasteiger partial charge is 0.495 e. The van der Waals surface area contributed by atoms with Crippen molar-refractivity contribution in [3.05, 3.63) is 96.1 Å². The molecule has 0 radical (unpaired) electrons. The first-order chi connectivity index (χ1) is 18.5. The van der Waals surface area contributed by atoms with Crippen molar-refractivity contribution in [1.29, 1.82) is 0 Å². The average Bonchev–Trinajstić information content (AvgIpc) is 2.97. The Balaban J connectivity index is 1.63. The Morgan fingerprint density at radius 1 is 0.526 bits per heavy atom. The summed E-state index contributed by atoms with van der Waals surface area (Å²) in [5, 5.41) is 6.53. The van der Waals surface area contributed by atoms with Crippen LogP contribution in [0, 0.1) is 0 Å². The summed E-state index contributed by atoms with van der Waals surface area (Å²) in [5.74, 6) is 0.322. The first kappa shape index (κ1) is 26.1. The van der Waals surface area contributed by atoms with Gasteiger partial charge in [-0.05, 0) is 59.7 Å². The van der Waals surface area contributed by atoms with E-state index in [1.165, 1.54) is 14.2 Å². The number of esters is 2. The third kappa shape index (κ3) is 5.54. The van der Waals surface area contributed by atoms with Crippen LogP contribution in [0.5, 0.6) is 11.5 Å². The van der Waals surface area contributed by atoms with Crippen LogP contribution in [0.4, 0.5) is 22.7 Å². The minimum Gasteiger partial charge on any atom is -0.495 e. The van der Waals surface area contributed by atoms with Crippen LogP contribution < -0.4 is 20.1 Å². The van der Waals surface area contributed by atoms with E-state index in [1.807, 2.05) is 48.5 Å². The second-order valence-electron chi connectivity index (χ2n) is 8.15. The van der Waals surface area contributed by atoms with Gasteiger partial charge in [0.2, 0.25) is 0 Å². The maximum Gasteiger partial charge on any atom is 0.339 e. The molecule has 0 amide bonds. The second kappa shape index (κ2) is 11.8. The number of benzene rings is 4. The van der Waals surface area contributed by atoms with Gasteiger partial charge in [0.1, 0.15) is 11.5 Å². The molecule has 0 aliphatic carbocycles. The quantitative estimate of drug-likeness (QED) is 0.248. The van der Waals surface area contributed by atoms with Gasteiger partial charge in [0.15, 0.2) is 0 Å². The Bertz CT molecular complexity index is 1360. The number of para-hydroxylation sites is 2. The monoisotopic (exact) mass is 512 g/mol. The van der Waals surface area contributed by atoms with Crippen molar-refractivity contribution in [3.63, 3.8) is 0 Å². The summed E-state index contributed by atoms with van der Waals surface area (Å²) in [5.41, 5.74) is 5.23. The molecule has 38 heavy (non-hydrogen) atoms. The summed E-state index contributed by atoms with van der Waals surface area (Å²) in [6, 6.07) is 25.7. The average molecular weight is 513 g/mol. The zero-order chi connectivity index (χ0) is 27.1. The molecule has 4 aromatic rings. The van der Waals surface area contributed by atoms with Crippen LogP contribution in [0.2, 0.25) is 0 Å². The molecule has 0 aromatic heterocycles. The molecule has 0 spiro atoms. The van der Waals surface area contributed by atoms with E-state index < -0.39 is 11.9 Å². The van der Waals surface area contributed by atoms with Crippen LogP contribution in [0.3, 0.4) is 0 Å². The number of carbonyl (C=O) groups is 2. The summed E-state index contributed by atoms with van der Waals surface area (Å²) >= 11 is 0. The first-order valence-electron chi connectivity index (χ1n) is 11.7. The number of methoxy groups -OCH3 is 4. The van der Waals surface area contributed by atoms with E-state index in [2.05, 4.69) is 10.6 Å². The highest BCUT2D eigenvalue weighted by atomic mass is 16.5. The van der Waals surface area contributed by atoms with E-state index >= 15 is 0 Å². The smallest absolute Gasteiger partial charge is 0.339 e. The van der Waals surface area contributed by atoms with Gasteiger partial charge < -0.3 is 29.6 Å². The predicted octanol–water partition coefficient (Wildman–Crippen LogP) is 6.43. The zero-order valence-electron chi connectivity index (χ0n) is 21.5. The fourth-order valence-corrected chi connectivity index (χ4v) is 4.00. The second-order valence-corrected chi connectivity index (χ2v) is 8.15. The highest BCUT2D eigenvalue weighted by Crippen LogP contribution is 2.37. The minimum atomic E-state index is -0.432. The molecule has 8 heteroatoms. The fourth-order valence-electron chi connectivity index (χ4n) is 4.00.